The number of benzene rings is 1. The maximum Gasteiger partial charge on any atom is 0.256 e. The Bertz CT molecular complexity index is 446. The summed E-state index contributed by atoms with van der Waals surface area (Å²) in [6.07, 6.45) is -1.19. The Kier molecular flexibility index (Phi) is 4.69. The third-order valence-electron chi connectivity index (χ3n) is 3.00. The maximum atomic E-state index is 11.9. The first kappa shape index (κ1) is 14.5. The summed E-state index contributed by atoms with van der Waals surface area (Å²) in [5, 5.41) is 9.49. The molecule has 0 aliphatic rings. The van der Waals surface area contributed by atoms with Gasteiger partial charge >= 0.3 is 0 Å². The number of rotatable bonds is 4. The number of hydrogen-bond donors (Lipinski definition) is 2. The largest absolute Gasteiger partial charge is 0.495 e. The molecule has 0 aromatic heterocycles. The predicted octanol–water partition coefficient (Wildman–Crippen LogP) is 0.594. The molecule has 1 amide bonds. The number of ether oxygens (including phenoxy) is 1. The van der Waals surface area contributed by atoms with Crippen LogP contribution in [-0.2, 0) is 4.79 Å². The molecule has 0 radical (unpaired) electrons. The summed E-state index contributed by atoms with van der Waals surface area (Å²) in [6.45, 7) is 3.82. The number of nitrogens with two attached hydrogens (primary N) is 1. The summed E-state index contributed by atoms with van der Waals surface area (Å²) >= 11 is 0. The Morgan fingerprint density at radius 2 is 2.00 bits per heavy atom. The maximum absolute atomic E-state index is 11.9. The van der Waals surface area contributed by atoms with E-state index in [0.29, 0.717) is 11.4 Å². The molecule has 1 atom stereocenters. The summed E-state index contributed by atoms with van der Waals surface area (Å²) in [7, 11) is 3.14. The van der Waals surface area contributed by atoms with Crippen LogP contribution in [0.4, 0.5) is 5.69 Å². The average Bonchev–Trinajstić information content (AvgIpc) is 2.38. The van der Waals surface area contributed by atoms with Crippen molar-refractivity contribution in [3.8, 4) is 5.75 Å². The van der Waals surface area contributed by atoms with Crippen LogP contribution < -0.4 is 15.4 Å². The van der Waals surface area contributed by atoms with E-state index >= 15 is 0 Å². The van der Waals surface area contributed by atoms with E-state index in [9.17, 15) is 9.90 Å². The zero-order valence-electron chi connectivity index (χ0n) is 11.2. The van der Waals surface area contributed by atoms with Crippen molar-refractivity contribution in [3.05, 3.63) is 23.3 Å². The van der Waals surface area contributed by atoms with E-state index in [1.54, 1.807) is 14.2 Å². The minimum Gasteiger partial charge on any atom is -0.495 e. The number of amides is 1. The SMILES string of the molecule is COc1cc(C)c(C)cc1N(C)C(=O)C(O)CN. The summed E-state index contributed by atoms with van der Waals surface area (Å²) in [5.41, 5.74) is 8.04. The average molecular weight is 252 g/mol. The van der Waals surface area contributed by atoms with Gasteiger partial charge in [0.25, 0.3) is 5.91 Å². The number of nitrogens with zero attached hydrogens (tertiary/aromatic N) is 1. The number of likely N-dealkylation sites (N-methyl/N-ethyl adjacent to an activating group) is 1. The van der Waals surface area contributed by atoms with Crippen LogP contribution in [0.15, 0.2) is 12.1 Å². The van der Waals surface area contributed by atoms with Crippen LogP contribution in [-0.4, -0.2) is 37.8 Å². The van der Waals surface area contributed by atoms with Crippen LogP contribution in [0.5, 0.6) is 5.75 Å². The summed E-state index contributed by atoms with van der Waals surface area (Å²) in [4.78, 5) is 13.2. The molecule has 1 aromatic carbocycles. The van der Waals surface area contributed by atoms with Gasteiger partial charge in [0.1, 0.15) is 11.9 Å². The van der Waals surface area contributed by atoms with Gasteiger partial charge in [0, 0.05) is 13.6 Å². The minimum absolute atomic E-state index is 0.101. The van der Waals surface area contributed by atoms with Gasteiger partial charge in [-0.05, 0) is 37.1 Å². The molecule has 0 saturated carbocycles. The van der Waals surface area contributed by atoms with E-state index in [1.807, 2.05) is 26.0 Å². The van der Waals surface area contributed by atoms with Gasteiger partial charge in [-0.3, -0.25) is 4.79 Å². The van der Waals surface area contributed by atoms with Gasteiger partial charge in [0.2, 0.25) is 0 Å². The fraction of sp³-hybridized carbons (Fsp3) is 0.462. The highest BCUT2D eigenvalue weighted by Gasteiger charge is 2.22. The lowest BCUT2D eigenvalue weighted by Gasteiger charge is -2.23. The Labute approximate surface area is 107 Å². The van der Waals surface area contributed by atoms with E-state index in [1.165, 1.54) is 4.90 Å². The standard InChI is InChI=1S/C13H20N2O3/c1-8-5-10(12(18-4)6-9(8)2)15(3)13(17)11(16)7-14/h5-6,11,16H,7,14H2,1-4H3. The molecule has 5 heteroatoms. The van der Waals surface area contributed by atoms with E-state index in [2.05, 4.69) is 0 Å². The van der Waals surface area contributed by atoms with E-state index in [4.69, 9.17) is 10.5 Å². The first-order chi connectivity index (χ1) is 8.42. The number of aliphatic hydroxyl groups excluding tert-OH is 1. The number of carbonyl (C=O) groups is 1. The number of aryl methyl sites for hydroxylation is 2. The van der Waals surface area contributed by atoms with Gasteiger partial charge in [-0.2, -0.15) is 0 Å². The van der Waals surface area contributed by atoms with Crippen LogP contribution in [0, 0.1) is 13.8 Å². The lowest BCUT2D eigenvalue weighted by molar-refractivity contribution is -0.125. The Morgan fingerprint density at radius 1 is 1.44 bits per heavy atom. The van der Waals surface area contributed by atoms with Gasteiger partial charge < -0.3 is 20.5 Å². The van der Waals surface area contributed by atoms with Crippen molar-refractivity contribution in [1.82, 2.24) is 0 Å². The fourth-order valence-corrected chi connectivity index (χ4v) is 1.64. The van der Waals surface area contributed by atoms with Crippen LogP contribution >= 0.6 is 0 Å². The third-order valence-corrected chi connectivity index (χ3v) is 3.00. The summed E-state index contributed by atoms with van der Waals surface area (Å²) in [5.74, 6) is 0.150. The molecule has 1 rings (SSSR count). The van der Waals surface area contributed by atoms with Crippen LogP contribution in [0.1, 0.15) is 11.1 Å². The van der Waals surface area contributed by atoms with Crippen molar-refractivity contribution in [2.75, 3.05) is 25.6 Å². The highest BCUT2D eigenvalue weighted by atomic mass is 16.5. The number of methoxy groups -OCH3 is 1. The molecule has 1 unspecified atom stereocenters. The highest BCUT2D eigenvalue weighted by molar-refractivity contribution is 5.97. The van der Waals surface area contributed by atoms with Crippen molar-refractivity contribution >= 4 is 11.6 Å². The minimum atomic E-state index is -1.19. The fourth-order valence-electron chi connectivity index (χ4n) is 1.64. The molecule has 1 aromatic rings. The monoisotopic (exact) mass is 252 g/mol. The van der Waals surface area contributed by atoms with Gasteiger partial charge in [-0.25, -0.2) is 0 Å². The number of hydrogen-bond acceptors (Lipinski definition) is 4. The first-order valence-electron chi connectivity index (χ1n) is 5.73. The quantitative estimate of drug-likeness (QED) is 0.822. The molecule has 0 spiro atoms. The Morgan fingerprint density at radius 3 is 2.50 bits per heavy atom. The third kappa shape index (κ3) is 2.80. The lowest BCUT2D eigenvalue weighted by Crippen LogP contribution is -2.40. The first-order valence-corrected chi connectivity index (χ1v) is 5.73. The molecule has 3 N–H and O–H groups in total. The molecule has 18 heavy (non-hydrogen) atoms. The predicted molar refractivity (Wildman–Crippen MR) is 70.9 cm³/mol. The second-order valence-corrected chi connectivity index (χ2v) is 4.26. The van der Waals surface area contributed by atoms with Crippen molar-refractivity contribution in [3.63, 3.8) is 0 Å². The van der Waals surface area contributed by atoms with Crippen molar-refractivity contribution < 1.29 is 14.6 Å². The number of anilines is 1. The molecule has 0 bridgehead atoms. The molecule has 5 nitrogen and oxygen atoms in total. The lowest BCUT2D eigenvalue weighted by atomic mass is 10.1. The molecular weight excluding hydrogens is 232 g/mol. The normalized spacial score (nSPS) is 12.1. The van der Waals surface area contributed by atoms with Crippen molar-refractivity contribution in [2.24, 2.45) is 5.73 Å². The second kappa shape index (κ2) is 5.84. The Hall–Kier alpha value is -1.59. The van der Waals surface area contributed by atoms with Crippen molar-refractivity contribution in [2.45, 2.75) is 20.0 Å². The molecule has 0 saturated heterocycles. The van der Waals surface area contributed by atoms with Gasteiger partial charge in [0.15, 0.2) is 0 Å². The van der Waals surface area contributed by atoms with E-state index in [0.717, 1.165) is 11.1 Å². The number of aliphatic hydroxyl groups is 1. The zero-order valence-corrected chi connectivity index (χ0v) is 11.2. The molecular formula is C13H20N2O3. The van der Waals surface area contributed by atoms with Crippen LogP contribution in [0.25, 0.3) is 0 Å². The molecule has 0 heterocycles. The van der Waals surface area contributed by atoms with Gasteiger partial charge in [0.05, 0.1) is 12.8 Å². The van der Waals surface area contributed by atoms with Gasteiger partial charge in [-0.1, -0.05) is 0 Å². The molecule has 100 valence electrons. The van der Waals surface area contributed by atoms with E-state index < -0.39 is 12.0 Å². The summed E-state index contributed by atoms with van der Waals surface area (Å²) < 4.78 is 5.26. The van der Waals surface area contributed by atoms with Gasteiger partial charge in [-0.15, -0.1) is 0 Å². The molecule has 0 fully saturated rings. The topological polar surface area (TPSA) is 75.8 Å². The van der Waals surface area contributed by atoms with Crippen LogP contribution in [0.2, 0.25) is 0 Å². The van der Waals surface area contributed by atoms with Crippen molar-refractivity contribution in [1.29, 1.82) is 0 Å². The van der Waals surface area contributed by atoms with Crippen LogP contribution in [0.3, 0.4) is 0 Å². The molecule has 0 aliphatic heterocycles. The zero-order chi connectivity index (χ0) is 13.9. The smallest absolute Gasteiger partial charge is 0.256 e. The highest BCUT2D eigenvalue weighted by Crippen LogP contribution is 2.30. The number of carbonyl (C=O) groups excluding carboxylic acids is 1. The van der Waals surface area contributed by atoms with E-state index in [-0.39, 0.29) is 6.54 Å². The molecule has 0 aliphatic carbocycles. The Balaban J connectivity index is 3.15. The summed E-state index contributed by atoms with van der Waals surface area (Å²) in [6, 6.07) is 3.72. The second-order valence-electron chi connectivity index (χ2n) is 4.26.